The summed E-state index contributed by atoms with van der Waals surface area (Å²) in [6.45, 7) is 4.63. The molecule has 0 aromatic heterocycles. The number of benzene rings is 1. The highest BCUT2D eigenvalue weighted by Crippen LogP contribution is 2.31. The Morgan fingerprint density at radius 3 is 2.89 bits per heavy atom. The van der Waals surface area contributed by atoms with E-state index in [2.05, 4.69) is 15.2 Å². The van der Waals surface area contributed by atoms with Crippen molar-refractivity contribution in [3.05, 3.63) is 29.8 Å². The van der Waals surface area contributed by atoms with Gasteiger partial charge in [0.15, 0.2) is 5.96 Å². The van der Waals surface area contributed by atoms with Crippen molar-refractivity contribution in [2.75, 3.05) is 32.8 Å². The van der Waals surface area contributed by atoms with Gasteiger partial charge in [-0.25, -0.2) is 4.99 Å². The molecule has 1 fully saturated rings. The summed E-state index contributed by atoms with van der Waals surface area (Å²) in [5.41, 5.74) is 4.56. The van der Waals surface area contributed by atoms with Gasteiger partial charge in [0.2, 0.25) is 5.91 Å². The lowest BCUT2D eigenvalue weighted by Crippen LogP contribution is -2.47. The number of nitrogens with one attached hydrogen (secondary N) is 1. The van der Waals surface area contributed by atoms with Crippen LogP contribution in [0.1, 0.15) is 31.7 Å². The minimum atomic E-state index is -4.40. The second-order valence-electron chi connectivity index (χ2n) is 6.73. The van der Waals surface area contributed by atoms with Crippen LogP contribution in [0.25, 0.3) is 0 Å². The van der Waals surface area contributed by atoms with Gasteiger partial charge in [-0.3, -0.25) is 4.79 Å². The topological polar surface area (TPSA) is 80.0 Å². The average Bonchev–Trinajstić information content (AvgIpc) is 2.63. The molecule has 0 aliphatic carbocycles. The Morgan fingerprint density at radius 2 is 2.21 bits per heavy atom. The van der Waals surface area contributed by atoms with Crippen molar-refractivity contribution in [3.8, 4) is 5.75 Å². The van der Waals surface area contributed by atoms with Crippen molar-refractivity contribution in [2.45, 2.75) is 32.4 Å². The van der Waals surface area contributed by atoms with Crippen LogP contribution >= 0.6 is 0 Å². The number of hydrogen-bond donors (Lipinski definition) is 2. The zero-order chi connectivity index (χ0) is 20.6. The third-order valence-electron chi connectivity index (χ3n) is 4.43. The van der Waals surface area contributed by atoms with Gasteiger partial charge in [0.25, 0.3) is 0 Å². The number of guanidine groups is 1. The lowest BCUT2D eigenvalue weighted by atomic mass is 9.95. The third kappa shape index (κ3) is 6.94. The predicted octanol–water partition coefficient (Wildman–Crippen LogP) is 2.64. The number of nitrogens with two attached hydrogens (primary N) is 1. The number of piperidine rings is 1. The number of ether oxygens (including phenoxy) is 1. The molecule has 1 amide bonds. The fraction of sp³-hybridized carbons (Fsp3) is 0.579. The molecule has 1 saturated heterocycles. The number of hydrogen-bond acceptors (Lipinski definition) is 3. The highest BCUT2D eigenvalue weighted by molar-refractivity contribution is 5.80. The summed E-state index contributed by atoms with van der Waals surface area (Å²) in [6.07, 6.45) is -2.14. The van der Waals surface area contributed by atoms with Crippen LogP contribution in [0.2, 0.25) is 0 Å². The van der Waals surface area contributed by atoms with E-state index >= 15 is 0 Å². The molecule has 28 heavy (non-hydrogen) atoms. The smallest absolute Gasteiger partial charge is 0.416 e. The van der Waals surface area contributed by atoms with E-state index in [1.165, 1.54) is 12.1 Å². The van der Waals surface area contributed by atoms with E-state index in [0.29, 0.717) is 32.0 Å². The van der Waals surface area contributed by atoms with E-state index in [1.807, 2.05) is 6.92 Å². The molecule has 156 valence electrons. The van der Waals surface area contributed by atoms with E-state index in [-0.39, 0.29) is 24.2 Å². The van der Waals surface area contributed by atoms with Gasteiger partial charge in [0.05, 0.1) is 12.1 Å². The number of alkyl halides is 3. The van der Waals surface area contributed by atoms with Gasteiger partial charge in [-0.05, 0) is 43.9 Å². The first-order chi connectivity index (χ1) is 13.3. The molecule has 1 aromatic carbocycles. The summed E-state index contributed by atoms with van der Waals surface area (Å²) in [4.78, 5) is 17.8. The average molecular weight is 400 g/mol. The molecule has 0 saturated carbocycles. The second kappa shape index (κ2) is 10.2. The fourth-order valence-electron chi connectivity index (χ4n) is 3.21. The first-order valence-corrected chi connectivity index (χ1v) is 9.41. The van der Waals surface area contributed by atoms with Gasteiger partial charge in [0.1, 0.15) is 12.4 Å². The van der Waals surface area contributed by atoms with Gasteiger partial charge in [-0.1, -0.05) is 6.07 Å². The lowest BCUT2D eigenvalue weighted by Gasteiger charge is -2.34. The van der Waals surface area contributed by atoms with Gasteiger partial charge in [0, 0.05) is 26.1 Å². The number of halogens is 3. The number of likely N-dealkylation sites (tertiary alicyclic amines) is 1. The number of carbonyl (C=O) groups is 1. The summed E-state index contributed by atoms with van der Waals surface area (Å²) in [5, 5.41) is 3.21. The zero-order valence-corrected chi connectivity index (χ0v) is 16.0. The fourth-order valence-corrected chi connectivity index (χ4v) is 3.21. The first-order valence-electron chi connectivity index (χ1n) is 9.41. The Kier molecular flexibility index (Phi) is 7.95. The summed E-state index contributed by atoms with van der Waals surface area (Å²) >= 11 is 0. The van der Waals surface area contributed by atoms with Crippen molar-refractivity contribution < 1.29 is 22.7 Å². The van der Waals surface area contributed by atoms with Crippen molar-refractivity contribution in [1.82, 2.24) is 10.2 Å². The van der Waals surface area contributed by atoms with Crippen LogP contribution in [0.3, 0.4) is 0 Å². The van der Waals surface area contributed by atoms with Crippen LogP contribution in [0, 0.1) is 5.92 Å². The maximum atomic E-state index is 12.7. The molecule has 1 aromatic rings. The quantitative estimate of drug-likeness (QED) is 0.419. The lowest BCUT2D eigenvalue weighted by molar-refractivity contribution is -0.137. The Morgan fingerprint density at radius 1 is 1.43 bits per heavy atom. The maximum Gasteiger partial charge on any atom is 0.416 e. The molecule has 0 radical (unpaired) electrons. The molecule has 9 heteroatoms. The minimum absolute atomic E-state index is 0.161. The van der Waals surface area contributed by atoms with Crippen molar-refractivity contribution in [3.63, 3.8) is 0 Å². The monoisotopic (exact) mass is 400 g/mol. The summed E-state index contributed by atoms with van der Waals surface area (Å²) in [6, 6.07) is 4.79. The minimum Gasteiger partial charge on any atom is -0.492 e. The van der Waals surface area contributed by atoms with E-state index < -0.39 is 11.7 Å². The number of rotatable bonds is 7. The van der Waals surface area contributed by atoms with Crippen molar-refractivity contribution in [2.24, 2.45) is 16.6 Å². The molecule has 1 atom stereocenters. The van der Waals surface area contributed by atoms with Gasteiger partial charge >= 0.3 is 6.18 Å². The van der Waals surface area contributed by atoms with Gasteiger partial charge in [-0.2, -0.15) is 13.2 Å². The normalized spacial score (nSPS) is 18.1. The number of aliphatic imine (C=N–C) groups is 1. The Bertz CT molecular complexity index is 679. The van der Waals surface area contributed by atoms with Crippen LogP contribution in [-0.4, -0.2) is 49.6 Å². The molecule has 1 heterocycles. The van der Waals surface area contributed by atoms with Crippen LogP contribution in [0.5, 0.6) is 5.75 Å². The molecule has 1 unspecified atom stereocenters. The van der Waals surface area contributed by atoms with E-state index in [9.17, 15) is 18.0 Å². The standard InChI is InChI=1S/C19H27F3N4O2/c1-2-24-18(26-9-4-5-14(13-26)11-17(23)27)25-8-10-28-16-7-3-6-15(12-16)19(20,21)22/h3,6-7,12,14H,2,4-5,8-11,13H2,1H3,(H2,23,27)(H,24,25). The highest BCUT2D eigenvalue weighted by atomic mass is 19.4. The molecule has 0 spiro atoms. The summed E-state index contributed by atoms with van der Waals surface area (Å²) in [7, 11) is 0. The summed E-state index contributed by atoms with van der Waals surface area (Å²) in [5.74, 6) is 0.776. The maximum absolute atomic E-state index is 12.7. The molecule has 1 aliphatic heterocycles. The molecular weight excluding hydrogens is 373 g/mol. The van der Waals surface area contributed by atoms with Gasteiger partial charge in [-0.15, -0.1) is 0 Å². The van der Waals surface area contributed by atoms with Crippen LogP contribution in [-0.2, 0) is 11.0 Å². The van der Waals surface area contributed by atoms with Crippen molar-refractivity contribution >= 4 is 11.9 Å². The highest BCUT2D eigenvalue weighted by Gasteiger charge is 2.30. The Hall–Kier alpha value is -2.45. The van der Waals surface area contributed by atoms with E-state index in [0.717, 1.165) is 31.5 Å². The van der Waals surface area contributed by atoms with Gasteiger partial charge < -0.3 is 20.7 Å². The van der Waals surface area contributed by atoms with E-state index in [4.69, 9.17) is 10.5 Å². The predicted molar refractivity (Wildman–Crippen MR) is 101 cm³/mol. The third-order valence-corrected chi connectivity index (χ3v) is 4.43. The van der Waals surface area contributed by atoms with Crippen LogP contribution in [0.4, 0.5) is 13.2 Å². The zero-order valence-electron chi connectivity index (χ0n) is 16.0. The second-order valence-corrected chi connectivity index (χ2v) is 6.73. The molecule has 2 rings (SSSR count). The number of primary amides is 1. The summed E-state index contributed by atoms with van der Waals surface area (Å²) < 4.78 is 43.6. The molecule has 3 N–H and O–H groups in total. The molecular formula is C19H27F3N4O2. The largest absolute Gasteiger partial charge is 0.492 e. The Balaban J connectivity index is 1.91. The number of nitrogens with zero attached hydrogens (tertiary/aromatic N) is 2. The SMILES string of the molecule is CCNC(=NCCOc1cccc(C(F)(F)F)c1)N1CCCC(CC(N)=O)C1. The van der Waals surface area contributed by atoms with E-state index in [1.54, 1.807) is 0 Å². The number of carbonyl (C=O) groups excluding carboxylic acids is 1. The Labute approximate surface area is 162 Å². The number of amides is 1. The molecule has 1 aliphatic rings. The molecule has 0 bridgehead atoms. The van der Waals surface area contributed by atoms with Crippen LogP contribution < -0.4 is 15.8 Å². The van der Waals surface area contributed by atoms with Crippen molar-refractivity contribution in [1.29, 1.82) is 0 Å². The van der Waals surface area contributed by atoms with Crippen LogP contribution in [0.15, 0.2) is 29.3 Å². The molecule has 6 nitrogen and oxygen atoms in total. The first kappa shape index (κ1) is 21.8.